The number of nitrogens with two attached hydrogens (primary N) is 1. The molecule has 30 heavy (non-hydrogen) atoms. The van der Waals surface area contributed by atoms with Crippen molar-refractivity contribution in [2.75, 3.05) is 18.4 Å². The van der Waals surface area contributed by atoms with E-state index in [9.17, 15) is 8.42 Å². The van der Waals surface area contributed by atoms with E-state index in [2.05, 4.69) is 36.3 Å². The Balaban J connectivity index is 0.00000320. The summed E-state index contributed by atoms with van der Waals surface area (Å²) in [5, 5.41) is 3.09. The zero-order chi connectivity index (χ0) is 20.9. The van der Waals surface area contributed by atoms with Gasteiger partial charge in [-0.05, 0) is 60.6 Å². The minimum absolute atomic E-state index is 0. The van der Waals surface area contributed by atoms with Crippen LogP contribution in [-0.4, -0.2) is 31.8 Å². The first-order valence-corrected chi connectivity index (χ1v) is 11.6. The third kappa shape index (κ3) is 6.18. The molecular weight excluding hydrogens is 511 g/mol. The summed E-state index contributed by atoms with van der Waals surface area (Å²) in [6.45, 7) is 5.98. The SMILES string of the molecule is CCC(C)c1ccc(NC(N)=NCc2ccc(S(=O)(=O)N3CCCC3)cc2)cc1.I. The number of aliphatic imine (C=N–C) groups is 1. The number of benzene rings is 2. The van der Waals surface area contributed by atoms with E-state index in [1.807, 2.05) is 12.1 Å². The van der Waals surface area contributed by atoms with Crippen LogP contribution in [0.1, 0.15) is 50.2 Å². The summed E-state index contributed by atoms with van der Waals surface area (Å²) in [5.74, 6) is 0.863. The van der Waals surface area contributed by atoms with Gasteiger partial charge in [0.2, 0.25) is 10.0 Å². The highest BCUT2D eigenvalue weighted by molar-refractivity contribution is 14.0. The van der Waals surface area contributed by atoms with Crippen molar-refractivity contribution in [3.8, 4) is 0 Å². The lowest BCUT2D eigenvalue weighted by Crippen LogP contribution is -2.27. The number of hydrogen-bond acceptors (Lipinski definition) is 3. The highest BCUT2D eigenvalue weighted by Crippen LogP contribution is 2.22. The van der Waals surface area contributed by atoms with Crippen LogP contribution < -0.4 is 11.1 Å². The molecule has 1 unspecified atom stereocenters. The molecule has 8 heteroatoms. The predicted molar refractivity (Wildman–Crippen MR) is 134 cm³/mol. The van der Waals surface area contributed by atoms with Gasteiger partial charge in [0, 0.05) is 18.8 Å². The molecule has 2 aromatic carbocycles. The molecule has 2 aromatic rings. The molecule has 164 valence electrons. The second-order valence-corrected chi connectivity index (χ2v) is 9.45. The number of nitrogens with zero attached hydrogens (tertiary/aromatic N) is 2. The van der Waals surface area contributed by atoms with Crippen LogP contribution in [-0.2, 0) is 16.6 Å². The van der Waals surface area contributed by atoms with Crippen molar-refractivity contribution in [3.05, 3.63) is 59.7 Å². The van der Waals surface area contributed by atoms with Crippen molar-refractivity contribution in [1.29, 1.82) is 0 Å². The number of sulfonamides is 1. The maximum atomic E-state index is 12.6. The molecule has 1 heterocycles. The Labute approximate surface area is 197 Å². The van der Waals surface area contributed by atoms with Crippen molar-refractivity contribution in [2.24, 2.45) is 10.7 Å². The Morgan fingerprint density at radius 2 is 1.70 bits per heavy atom. The summed E-state index contributed by atoms with van der Waals surface area (Å²) in [6, 6.07) is 15.1. The van der Waals surface area contributed by atoms with Gasteiger partial charge in [0.1, 0.15) is 0 Å². The molecule has 1 saturated heterocycles. The van der Waals surface area contributed by atoms with E-state index in [4.69, 9.17) is 5.73 Å². The van der Waals surface area contributed by atoms with Crippen molar-refractivity contribution in [2.45, 2.75) is 50.5 Å². The first-order valence-electron chi connectivity index (χ1n) is 10.2. The fraction of sp³-hybridized carbons (Fsp3) is 0.409. The van der Waals surface area contributed by atoms with Gasteiger partial charge in [-0.1, -0.05) is 38.1 Å². The average Bonchev–Trinajstić information content (AvgIpc) is 3.28. The molecule has 0 aromatic heterocycles. The largest absolute Gasteiger partial charge is 0.370 e. The summed E-state index contributed by atoms with van der Waals surface area (Å²) >= 11 is 0. The number of guanidine groups is 1. The Morgan fingerprint density at radius 1 is 1.10 bits per heavy atom. The summed E-state index contributed by atoms with van der Waals surface area (Å²) in [4.78, 5) is 4.69. The molecule has 1 fully saturated rings. The van der Waals surface area contributed by atoms with Crippen LogP contribution in [0, 0.1) is 0 Å². The normalized spacial score (nSPS) is 16.1. The highest BCUT2D eigenvalue weighted by Gasteiger charge is 2.26. The second-order valence-electron chi connectivity index (χ2n) is 7.51. The van der Waals surface area contributed by atoms with E-state index in [0.717, 1.165) is 30.5 Å². The molecule has 0 bridgehead atoms. The lowest BCUT2D eigenvalue weighted by Gasteiger charge is -2.15. The number of anilines is 1. The maximum Gasteiger partial charge on any atom is 0.243 e. The van der Waals surface area contributed by atoms with Gasteiger partial charge in [0.05, 0.1) is 11.4 Å². The van der Waals surface area contributed by atoms with E-state index in [1.165, 1.54) is 5.56 Å². The zero-order valence-corrected chi connectivity index (χ0v) is 20.7. The minimum Gasteiger partial charge on any atom is -0.370 e. The molecule has 1 aliphatic heterocycles. The van der Waals surface area contributed by atoms with Gasteiger partial charge in [0.15, 0.2) is 5.96 Å². The Morgan fingerprint density at radius 3 is 2.27 bits per heavy atom. The molecule has 3 rings (SSSR count). The quantitative estimate of drug-likeness (QED) is 0.306. The van der Waals surface area contributed by atoms with Crippen molar-refractivity contribution in [1.82, 2.24) is 4.31 Å². The van der Waals surface area contributed by atoms with Crippen LogP contribution in [0.3, 0.4) is 0 Å². The van der Waals surface area contributed by atoms with Crippen LogP contribution in [0.2, 0.25) is 0 Å². The van der Waals surface area contributed by atoms with Crippen LogP contribution in [0.15, 0.2) is 58.4 Å². The number of halogens is 1. The van der Waals surface area contributed by atoms with E-state index >= 15 is 0 Å². The topological polar surface area (TPSA) is 87.8 Å². The average molecular weight is 542 g/mol. The molecule has 6 nitrogen and oxygen atoms in total. The molecule has 0 spiro atoms. The van der Waals surface area contributed by atoms with Gasteiger partial charge in [-0.2, -0.15) is 4.31 Å². The fourth-order valence-corrected chi connectivity index (χ4v) is 4.86. The Bertz CT molecular complexity index is 938. The van der Waals surface area contributed by atoms with Crippen LogP contribution in [0.4, 0.5) is 5.69 Å². The van der Waals surface area contributed by atoms with E-state index in [1.54, 1.807) is 28.6 Å². The summed E-state index contributed by atoms with van der Waals surface area (Å²) in [5.41, 5.74) is 9.10. The third-order valence-electron chi connectivity index (χ3n) is 5.42. The standard InChI is InChI=1S/C22H30N4O2S.HI/c1-3-17(2)19-8-10-20(11-9-19)25-22(23)24-16-18-6-12-21(13-7-18)29(27,28)26-14-4-5-15-26;/h6-13,17H,3-5,14-16H2,1-2H3,(H3,23,24,25);1H. The zero-order valence-electron chi connectivity index (χ0n) is 17.5. The Kier molecular flexibility index (Phi) is 9.11. The molecule has 0 amide bonds. The molecular formula is C22H31IN4O2S. The Hall–Kier alpha value is -1.65. The molecule has 1 aliphatic rings. The van der Waals surface area contributed by atoms with E-state index in [-0.39, 0.29) is 24.0 Å². The third-order valence-corrected chi connectivity index (χ3v) is 7.34. The highest BCUT2D eigenvalue weighted by atomic mass is 127. The first kappa shape index (κ1) is 24.6. The fourth-order valence-electron chi connectivity index (χ4n) is 3.34. The summed E-state index contributed by atoms with van der Waals surface area (Å²) in [7, 11) is -3.38. The minimum atomic E-state index is -3.38. The van der Waals surface area contributed by atoms with Gasteiger partial charge in [-0.3, -0.25) is 0 Å². The molecule has 1 atom stereocenters. The molecule has 0 aliphatic carbocycles. The van der Waals surface area contributed by atoms with Crippen molar-refractivity contribution >= 4 is 45.6 Å². The summed E-state index contributed by atoms with van der Waals surface area (Å²) < 4.78 is 26.7. The van der Waals surface area contributed by atoms with Gasteiger partial charge < -0.3 is 11.1 Å². The van der Waals surface area contributed by atoms with Gasteiger partial charge in [0.25, 0.3) is 0 Å². The molecule has 0 saturated carbocycles. The number of nitrogens with one attached hydrogen (secondary N) is 1. The lowest BCUT2D eigenvalue weighted by atomic mass is 9.99. The van der Waals surface area contributed by atoms with Crippen molar-refractivity contribution < 1.29 is 8.42 Å². The monoisotopic (exact) mass is 542 g/mol. The van der Waals surface area contributed by atoms with E-state index in [0.29, 0.717) is 36.4 Å². The molecule has 0 radical (unpaired) electrons. The number of rotatable bonds is 7. The second kappa shape index (κ2) is 11.1. The smallest absolute Gasteiger partial charge is 0.243 e. The van der Waals surface area contributed by atoms with Gasteiger partial charge in [-0.25, -0.2) is 13.4 Å². The van der Waals surface area contributed by atoms with Gasteiger partial charge in [-0.15, -0.1) is 24.0 Å². The lowest BCUT2D eigenvalue weighted by molar-refractivity contribution is 0.477. The van der Waals surface area contributed by atoms with Crippen LogP contribution >= 0.6 is 24.0 Å². The summed E-state index contributed by atoms with van der Waals surface area (Å²) in [6.07, 6.45) is 2.96. The maximum absolute atomic E-state index is 12.6. The predicted octanol–water partition coefficient (Wildman–Crippen LogP) is 4.53. The van der Waals surface area contributed by atoms with E-state index < -0.39 is 10.0 Å². The van der Waals surface area contributed by atoms with Crippen LogP contribution in [0.5, 0.6) is 0 Å². The first-order chi connectivity index (χ1) is 13.9. The number of hydrogen-bond donors (Lipinski definition) is 2. The van der Waals surface area contributed by atoms with Crippen LogP contribution in [0.25, 0.3) is 0 Å². The van der Waals surface area contributed by atoms with Crippen molar-refractivity contribution in [3.63, 3.8) is 0 Å². The van der Waals surface area contributed by atoms with Gasteiger partial charge >= 0.3 is 0 Å². The molecule has 3 N–H and O–H groups in total.